The van der Waals surface area contributed by atoms with E-state index < -0.39 is 0 Å². The Morgan fingerprint density at radius 2 is 2.18 bits per heavy atom. The molecular weight excluding hydrogens is 276 g/mol. The molecule has 2 nitrogen and oxygen atoms in total. The summed E-state index contributed by atoms with van der Waals surface area (Å²) in [6.07, 6.45) is 6.72. The Bertz CT molecular complexity index is 567. The number of hydrogen-bond donors (Lipinski definition) is 1. The summed E-state index contributed by atoms with van der Waals surface area (Å²) in [6, 6.07) is 6.70. The van der Waals surface area contributed by atoms with Crippen LogP contribution in [0.1, 0.15) is 24.8 Å². The van der Waals surface area contributed by atoms with Gasteiger partial charge in [-0.05, 0) is 53.2 Å². The lowest BCUT2D eigenvalue weighted by Crippen LogP contribution is -2.22. The number of fused-ring (bicyclic) bond motifs is 1. The molecular formula is C14H17BrN2. The minimum Gasteiger partial charge on any atom is -0.349 e. The van der Waals surface area contributed by atoms with Crippen LogP contribution in [0.3, 0.4) is 0 Å². The highest BCUT2D eigenvalue weighted by molar-refractivity contribution is 9.10. The molecule has 90 valence electrons. The van der Waals surface area contributed by atoms with Crippen molar-refractivity contribution in [3.8, 4) is 0 Å². The molecule has 3 rings (SSSR count). The van der Waals surface area contributed by atoms with Gasteiger partial charge >= 0.3 is 0 Å². The normalized spacial score (nSPS) is 17.6. The van der Waals surface area contributed by atoms with Gasteiger partial charge in [-0.25, -0.2) is 0 Å². The molecule has 2 N–H and O–H groups in total. The van der Waals surface area contributed by atoms with Crippen LogP contribution < -0.4 is 5.73 Å². The maximum absolute atomic E-state index is 6.13. The van der Waals surface area contributed by atoms with Crippen molar-refractivity contribution in [2.24, 2.45) is 12.8 Å². The average Bonchev–Trinajstić information content (AvgIpc) is 2.98. The van der Waals surface area contributed by atoms with E-state index in [1.165, 1.54) is 33.8 Å². The maximum atomic E-state index is 6.13. The van der Waals surface area contributed by atoms with Crippen LogP contribution in [0, 0.1) is 0 Å². The number of benzene rings is 1. The molecule has 1 aliphatic rings. The quantitative estimate of drug-likeness (QED) is 0.924. The fraction of sp³-hybridized carbons (Fsp3) is 0.429. The van der Waals surface area contributed by atoms with E-state index in [2.05, 4.69) is 51.9 Å². The first-order valence-corrected chi connectivity index (χ1v) is 6.89. The van der Waals surface area contributed by atoms with Crippen molar-refractivity contribution < 1.29 is 0 Å². The molecule has 3 heteroatoms. The van der Waals surface area contributed by atoms with Crippen molar-refractivity contribution in [3.63, 3.8) is 0 Å². The number of halogens is 1. The first-order valence-electron chi connectivity index (χ1n) is 6.10. The van der Waals surface area contributed by atoms with Gasteiger partial charge in [0.15, 0.2) is 0 Å². The molecule has 0 spiro atoms. The SMILES string of the molecule is Cn1cc(Br)c2ccc(CCC3(N)CC3)cc21. The minimum atomic E-state index is 0.156. The van der Waals surface area contributed by atoms with E-state index in [4.69, 9.17) is 5.73 Å². The van der Waals surface area contributed by atoms with Gasteiger partial charge in [0.2, 0.25) is 0 Å². The minimum absolute atomic E-state index is 0.156. The van der Waals surface area contributed by atoms with Gasteiger partial charge in [0.05, 0.1) is 0 Å². The number of nitrogens with two attached hydrogens (primary N) is 1. The van der Waals surface area contributed by atoms with E-state index in [9.17, 15) is 0 Å². The third-order valence-electron chi connectivity index (χ3n) is 3.81. The second-order valence-electron chi connectivity index (χ2n) is 5.30. The standard InChI is InChI=1S/C14H17BrN2/c1-17-9-12(15)11-3-2-10(8-13(11)17)4-5-14(16)6-7-14/h2-3,8-9H,4-7,16H2,1H3. The molecule has 1 aromatic heterocycles. The number of nitrogens with zero attached hydrogens (tertiary/aromatic N) is 1. The first-order chi connectivity index (χ1) is 8.07. The van der Waals surface area contributed by atoms with Crippen molar-refractivity contribution in [1.82, 2.24) is 4.57 Å². The highest BCUT2D eigenvalue weighted by atomic mass is 79.9. The molecule has 0 amide bonds. The summed E-state index contributed by atoms with van der Waals surface area (Å²) in [6.45, 7) is 0. The topological polar surface area (TPSA) is 30.9 Å². The summed E-state index contributed by atoms with van der Waals surface area (Å²) < 4.78 is 3.33. The Morgan fingerprint density at radius 1 is 1.41 bits per heavy atom. The van der Waals surface area contributed by atoms with Crippen LogP contribution in [-0.2, 0) is 13.5 Å². The molecule has 2 aromatic rings. The van der Waals surface area contributed by atoms with Crippen LogP contribution in [0.2, 0.25) is 0 Å². The third kappa shape index (κ3) is 2.14. The monoisotopic (exact) mass is 292 g/mol. The second kappa shape index (κ2) is 3.85. The van der Waals surface area contributed by atoms with Gasteiger partial charge in [-0.15, -0.1) is 0 Å². The van der Waals surface area contributed by atoms with Gasteiger partial charge in [-0.3, -0.25) is 0 Å². The van der Waals surface area contributed by atoms with Gasteiger partial charge in [-0.1, -0.05) is 12.1 Å². The molecule has 17 heavy (non-hydrogen) atoms. The first kappa shape index (κ1) is 11.3. The van der Waals surface area contributed by atoms with Crippen LogP contribution in [0.4, 0.5) is 0 Å². The Hall–Kier alpha value is -0.800. The van der Waals surface area contributed by atoms with Crippen molar-refractivity contribution in [2.45, 2.75) is 31.2 Å². The molecule has 0 bridgehead atoms. The van der Waals surface area contributed by atoms with Crippen molar-refractivity contribution in [2.75, 3.05) is 0 Å². The van der Waals surface area contributed by atoms with Crippen molar-refractivity contribution in [3.05, 3.63) is 34.4 Å². The number of rotatable bonds is 3. The molecule has 1 fully saturated rings. The van der Waals surface area contributed by atoms with Crippen molar-refractivity contribution in [1.29, 1.82) is 0 Å². The molecule has 0 aliphatic heterocycles. The Morgan fingerprint density at radius 3 is 2.88 bits per heavy atom. The highest BCUT2D eigenvalue weighted by Gasteiger charge is 2.37. The largest absolute Gasteiger partial charge is 0.349 e. The van der Waals surface area contributed by atoms with Crippen LogP contribution in [0.15, 0.2) is 28.9 Å². The lowest BCUT2D eigenvalue weighted by molar-refractivity contribution is 0.609. The van der Waals surface area contributed by atoms with E-state index >= 15 is 0 Å². The smallest absolute Gasteiger partial charge is 0.0492 e. The van der Waals surface area contributed by atoms with Crippen LogP contribution in [0.5, 0.6) is 0 Å². The zero-order chi connectivity index (χ0) is 12.0. The van der Waals surface area contributed by atoms with E-state index in [0.29, 0.717) is 0 Å². The number of aromatic nitrogens is 1. The van der Waals surface area contributed by atoms with Crippen molar-refractivity contribution >= 4 is 26.8 Å². The summed E-state index contributed by atoms with van der Waals surface area (Å²) in [5.41, 5.74) is 8.96. The van der Waals surface area contributed by atoms with Gasteiger partial charge < -0.3 is 10.3 Å². The molecule has 1 aromatic carbocycles. The predicted molar refractivity (Wildman–Crippen MR) is 75.1 cm³/mol. The Labute approximate surface area is 110 Å². The summed E-state index contributed by atoms with van der Waals surface area (Å²) in [5.74, 6) is 0. The molecule has 1 aliphatic carbocycles. The lowest BCUT2D eigenvalue weighted by Gasteiger charge is -2.08. The molecule has 0 saturated heterocycles. The van der Waals surface area contributed by atoms with Crippen LogP contribution in [0.25, 0.3) is 10.9 Å². The van der Waals surface area contributed by atoms with E-state index in [-0.39, 0.29) is 5.54 Å². The fourth-order valence-electron chi connectivity index (χ4n) is 2.34. The lowest BCUT2D eigenvalue weighted by atomic mass is 10.0. The van der Waals surface area contributed by atoms with Gasteiger partial charge in [-0.2, -0.15) is 0 Å². The Kier molecular flexibility index (Phi) is 2.56. The molecule has 0 unspecified atom stereocenters. The highest BCUT2D eigenvalue weighted by Crippen LogP contribution is 2.37. The predicted octanol–water partition coefficient (Wildman–Crippen LogP) is 3.36. The second-order valence-corrected chi connectivity index (χ2v) is 6.16. The summed E-state index contributed by atoms with van der Waals surface area (Å²) in [5, 5.41) is 1.28. The summed E-state index contributed by atoms with van der Waals surface area (Å²) in [4.78, 5) is 0. The summed E-state index contributed by atoms with van der Waals surface area (Å²) >= 11 is 3.58. The molecule has 1 heterocycles. The fourth-order valence-corrected chi connectivity index (χ4v) is 2.98. The van der Waals surface area contributed by atoms with E-state index in [1.54, 1.807) is 0 Å². The number of hydrogen-bond acceptors (Lipinski definition) is 1. The van der Waals surface area contributed by atoms with Gasteiger partial charge in [0.1, 0.15) is 0 Å². The molecule has 1 saturated carbocycles. The Balaban J connectivity index is 1.88. The zero-order valence-electron chi connectivity index (χ0n) is 10.0. The van der Waals surface area contributed by atoms with Gasteiger partial charge in [0.25, 0.3) is 0 Å². The average molecular weight is 293 g/mol. The maximum Gasteiger partial charge on any atom is 0.0492 e. The van der Waals surface area contributed by atoms with Crippen LogP contribution in [-0.4, -0.2) is 10.1 Å². The van der Waals surface area contributed by atoms with Gasteiger partial charge in [0, 0.05) is 34.2 Å². The number of aryl methyl sites for hydroxylation is 2. The molecule has 0 radical (unpaired) electrons. The zero-order valence-corrected chi connectivity index (χ0v) is 11.6. The van der Waals surface area contributed by atoms with Crippen LogP contribution >= 0.6 is 15.9 Å². The molecule has 0 atom stereocenters. The third-order valence-corrected chi connectivity index (χ3v) is 4.44. The summed E-state index contributed by atoms with van der Waals surface area (Å²) in [7, 11) is 2.09. The van der Waals surface area contributed by atoms with E-state index in [1.807, 2.05) is 0 Å². The van der Waals surface area contributed by atoms with E-state index in [0.717, 1.165) is 12.8 Å².